The molecule has 5 aromatic carbocycles. The zero-order valence-electron chi connectivity index (χ0n) is 21.3. The molecule has 4 nitrogen and oxygen atoms in total. The van der Waals surface area contributed by atoms with E-state index in [1.165, 1.54) is 0 Å². The van der Waals surface area contributed by atoms with E-state index in [4.69, 9.17) is 19.4 Å². The number of furan rings is 1. The van der Waals surface area contributed by atoms with E-state index in [2.05, 4.69) is 54.6 Å². The van der Waals surface area contributed by atoms with Crippen LogP contribution in [0.3, 0.4) is 0 Å². The predicted molar refractivity (Wildman–Crippen MR) is 164 cm³/mol. The summed E-state index contributed by atoms with van der Waals surface area (Å²) in [5, 5.41) is 3.04. The summed E-state index contributed by atoms with van der Waals surface area (Å²) in [6.07, 6.45) is 0. The Hall–Kier alpha value is -5.13. The van der Waals surface area contributed by atoms with Crippen LogP contribution in [-0.4, -0.2) is 15.0 Å². The Kier molecular flexibility index (Phi) is 5.28. The number of aromatic nitrogens is 3. The third-order valence-electron chi connectivity index (χ3n) is 7.15. The smallest absolute Gasteiger partial charge is 0.160 e. The first-order chi connectivity index (χ1) is 19.8. The zero-order valence-corrected chi connectivity index (χ0v) is 22.1. The van der Waals surface area contributed by atoms with E-state index in [0.29, 0.717) is 5.82 Å². The van der Waals surface area contributed by atoms with Crippen molar-refractivity contribution in [3.05, 3.63) is 127 Å². The monoisotopic (exact) mass is 531 g/mol. The Morgan fingerprint density at radius 1 is 0.550 bits per heavy atom. The van der Waals surface area contributed by atoms with Gasteiger partial charge in [0.05, 0.1) is 27.2 Å². The van der Waals surface area contributed by atoms with Crippen molar-refractivity contribution in [2.24, 2.45) is 0 Å². The zero-order chi connectivity index (χ0) is 26.5. The van der Waals surface area contributed by atoms with Gasteiger partial charge in [-0.05, 0) is 30.3 Å². The number of rotatable bonds is 4. The lowest BCUT2D eigenvalue weighted by atomic mass is 10.0. The maximum absolute atomic E-state index is 6.55. The third kappa shape index (κ3) is 3.79. The van der Waals surface area contributed by atoms with Gasteiger partial charge < -0.3 is 4.42 Å². The molecule has 5 heteroatoms. The van der Waals surface area contributed by atoms with Crippen LogP contribution >= 0.6 is 11.3 Å². The van der Waals surface area contributed by atoms with Crippen LogP contribution in [0.1, 0.15) is 0 Å². The van der Waals surface area contributed by atoms with Crippen LogP contribution in [0, 0.1) is 0 Å². The number of benzene rings is 5. The molecule has 40 heavy (non-hydrogen) atoms. The Morgan fingerprint density at radius 3 is 2.08 bits per heavy atom. The molecule has 8 rings (SSSR count). The van der Waals surface area contributed by atoms with Crippen LogP contribution < -0.4 is 0 Å². The molecule has 0 unspecified atom stereocenters. The van der Waals surface area contributed by atoms with Crippen molar-refractivity contribution in [2.45, 2.75) is 0 Å². The van der Waals surface area contributed by atoms with Gasteiger partial charge in [0.25, 0.3) is 0 Å². The van der Waals surface area contributed by atoms with Crippen LogP contribution in [-0.2, 0) is 0 Å². The molecule has 0 N–H and O–H groups in total. The second kappa shape index (κ2) is 9.26. The maximum Gasteiger partial charge on any atom is 0.160 e. The fraction of sp³-hybridized carbons (Fsp3) is 0. The fourth-order valence-electron chi connectivity index (χ4n) is 5.28. The van der Waals surface area contributed by atoms with Gasteiger partial charge in [-0.15, -0.1) is 11.3 Å². The summed E-state index contributed by atoms with van der Waals surface area (Å²) < 4.78 is 7.71. The SMILES string of the molecule is c1ccc(-c2cc(-c3cccc4oc5c(-c6nc7ccccc7s6)cccc5c34)nc(-c3ccccc3)n2)cc1. The van der Waals surface area contributed by atoms with Crippen molar-refractivity contribution in [3.8, 4) is 44.5 Å². The Balaban J connectivity index is 1.37. The number of para-hydroxylation sites is 2. The van der Waals surface area contributed by atoms with E-state index >= 15 is 0 Å². The van der Waals surface area contributed by atoms with E-state index in [9.17, 15) is 0 Å². The molecule has 0 saturated heterocycles. The molecule has 8 aromatic rings. The summed E-state index contributed by atoms with van der Waals surface area (Å²) >= 11 is 1.68. The van der Waals surface area contributed by atoms with Crippen LogP contribution in [0.25, 0.3) is 76.6 Å². The second-order valence-electron chi connectivity index (χ2n) is 9.64. The molecule has 0 aliphatic heterocycles. The fourth-order valence-corrected chi connectivity index (χ4v) is 6.26. The normalized spacial score (nSPS) is 11.5. The molecular formula is C35H21N3OS. The molecule has 0 saturated carbocycles. The molecule has 0 bridgehead atoms. The Labute approximate surface area is 234 Å². The number of hydrogen-bond donors (Lipinski definition) is 0. The number of thiazole rings is 1. The van der Waals surface area contributed by atoms with Crippen molar-refractivity contribution in [2.75, 3.05) is 0 Å². The highest BCUT2D eigenvalue weighted by atomic mass is 32.1. The predicted octanol–water partition coefficient (Wildman–Crippen LogP) is 9.65. The van der Waals surface area contributed by atoms with Crippen molar-refractivity contribution < 1.29 is 4.42 Å². The maximum atomic E-state index is 6.55. The highest BCUT2D eigenvalue weighted by Crippen LogP contribution is 2.42. The first-order valence-corrected chi connectivity index (χ1v) is 13.9. The molecule has 0 atom stereocenters. The first-order valence-electron chi connectivity index (χ1n) is 13.1. The van der Waals surface area contributed by atoms with Crippen LogP contribution in [0.2, 0.25) is 0 Å². The highest BCUT2D eigenvalue weighted by Gasteiger charge is 2.19. The van der Waals surface area contributed by atoms with E-state index in [1.54, 1.807) is 11.3 Å². The third-order valence-corrected chi connectivity index (χ3v) is 8.22. The van der Waals surface area contributed by atoms with E-state index in [0.717, 1.165) is 70.8 Å². The molecule has 188 valence electrons. The van der Waals surface area contributed by atoms with Crippen molar-refractivity contribution in [1.29, 1.82) is 0 Å². The van der Waals surface area contributed by atoms with Gasteiger partial charge in [-0.25, -0.2) is 15.0 Å². The molecule has 0 spiro atoms. The largest absolute Gasteiger partial charge is 0.455 e. The number of fused-ring (bicyclic) bond motifs is 4. The van der Waals surface area contributed by atoms with Gasteiger partial charge in [0, 0.05) is 27.5 Å². The number of nitrogens with zero attached hydrogens (tertiary/aromatic N) is 3. The lowest BCUT2D eigenvalue weighted by Crippen LogP contribution is -1.96. The quantitative estimate of drug-likeness (QED) is 0.227. The molecule has 0 amide bonds. The minimum atomic E-state index is 0.692. The van der Waals surface area contributed by atoms with Gasteiger partial charge in [-0.3, -0.25) is 0 Å². The lowest BCUT2D eigenvalue weighted by molar-refractivity contribution is 0.670. The molecule has 0 radical (unpaired) electrons. The van der Waals surface area contributed by atoms with E-state index < -0.39 is 0 Å². The summed E-state index contributed by atoms with van der Waals surface area (Å²) in [5.74, 6) is 0.692. The summed E-state index contributed by atoms with van der Waals surface area (Å²) in [6, 6.07) is 43.2. The summed E-state index contributed by atoms with van der Waals surface area (Å²) in [6.45, 7) is 0. The van der Waals surface area contributed by atoms with E-state index in [1.807, 2.05) is 72.8 Å². The molecular weight excluding hydrogens is 510 g/mol. The van der Waals surface area contributed by atoms with Crippen molar-refractivity contribution >= 4 is 43.5 Å². The van der Waals surface area contributed by atoms with Gasteiger partial charge in [0.2, 0.25) is 0 Å². The Bertz CT molecular complexity index is 2070. The van der Waals surface area contributed by atoms with Crippen molar-refractivity contribution in [3.63, 3.8) is 0 Å². The molecule has 3 aromatic heterocycles. The second-order valence-corrected chi connectivity index (χ2v) is 10.7. The molecule has 0 aliphatic rings. The first kappa shape index (κ1) is 22.8. The minimum absolute atomic E-state index is 0.692. The Morgan fingerprint density at radius 2 is 1.25 bits per heavy atom. The molecule has 3 heterocycles. The van der Waals surface area contributed by atoms with Gasteiger partial charge in [0.15, 0.2) is 5.82 Å². The van der Waals surface area contributed by atoms with Crippen molar-refractivity contribution in [1.82, 2.24) is 15.0 Å². The number of hydrogen-bond acceptors (Lipinski definition) is 5. The molecule has 0 fully saturated rings. The van der Waals surface area contributed by atoms with Crippen LogP contribution in [0.5, 0.6) is 0 Å². The van der Waals surface area contributed by atoms with Gasteiger partial charge in [0.1, 0.15) is 16.2 Å². The average molecular weight is 532 g/mol. The van der Waals surface area contributed by atoms with Gasteiger partial charge >= 0.3 is 0 Å². The van der Waals surface area contributed by atoms with E-state index in [-0.39, 0.29) is 0 Å². The minimum Gasteiger partial charge on any atom is -0.455 e. The standard InChI is InChI=1S/C35H21N3OS/c1-3-11-22(12-4-1)28-21-29(37-34(36-28)23-13-5-2-6-14-23)24-15-10-19-30-32(24)25-16-9-17-26(33(25)39-30)35-38-27-18-7-8-20-31(27)40-35/h1-21H. The van der Waals surface area contributed by atoms with Crippen LogP contribution in [0.15, 0.2) is 132 Å². The average Bonchev–Trinajstić information content (AvgIpc) is 3.63. The topological polar surface area (TPSA) is 51.8 Å². The summed E-state index contributed by atoms with van der Waals surface area (Å²) in [4.78, 5) is 15.0. The lowest BCUT2D eigenvalue weighted by Gasteiger charge is -2.10. The van der Waals surface area contributed by atoms with Crippen LogP contribution in [0.4, 0.5) is 0 Å². The summed E-state index contributed by atoms with van der Waals surface area (Å²) in [7, 11) is 0. The molecule has 0 aliphatic carbocycles. The highest BCUT2D eigenvalue weighted by molar-refractivity contribution is 7.21. The summed E-state index contributed by atoms with van der Waals surface area (Å²) in [5.41, 5.74) is 8.42. The van der Waals surface area contributed by atoms with Gasteiger partial charge in [-0.2, -0.15) is 0 Å². The van der Waals surface area contributed by atoms with Gasteiger partial charge in [-0.1, -0.05) is 97.1 Å².